The lowest BCUT2D eigenvalue weighted by Gasteiger charge is -2.15. The van der Waals surface area contributed by atoms with Gasteiger partial charge in [-0.05, 0) is 12.0 Å². The number of aliphatic hydroxyl groups is 1. The topological polar surface area (TPSA) is 59.5 Å². The van der Waals surface area contributed by atoms with Crippen LogP contribution in [0.15, 0.2) is 29.5 Å². The molecule has 0 aliphatic carbocycles. The van der Waals surface area contributed by atoms with Crippen molar-refractivity contribution < 1.29 is 5.11 Å². The van der Waals surface area contributed by atoms with Crippen LogP contribution in [0.1, 0.15) is 13.8 Å². The second kappa shape index (κ2) is 4.09. The van der Waals surface area contributed by atoms with Crippen molar-refractivity contribution in [3.63, 3.8) is 0 Å². The van der Waals surface area contributed by atoms with E-state index in [0.717, 1.165) is 0 Å². The summed E-state index contributed by atoms with van der Waals surface area (Å²) >= 11 is 0. The first-order chi connectivity index (χ1) is 7.59. The molecule has 1 unspecified atom stereocenters. The van der Waals surface area contributed by atoms with Gasteiger partial charge in [-0.15, -0.1) is 0 Å². The Morgan fingerprint density at radius 2 is 2.19 bits per heavy atom. The van der Waals surface area contributed by atoms with E-state index in [1.807, 2.05) is 13.8 Å². The molecular formula is C11H15N3O2. The van der Waals surface area contributed by atoms with Crippen LogP contribution in [0, 0.1) is 5.92 Å². The fourth-order valence-electron chi connectivity index (χ4n) is 1.52. The summed E-state index contributed by atoms with van der Waals surface area (Å²) in [6.07, 6.45) is 4.43. The zero-order valence-electron chi connectivity index (χ0n) is 9.37. The van der Waals surface area contributed by atoms with Gasteiger partial charge in [-0.25, -0.2) is 4.52 Å². The van der Waals surface area contributed by atoms with Gasteiger partial charge in [-0.2, -0.15) is 5.10 Å². The van der Waals surface area contributed by atoms with Gasteiger partial charge in [0.15, 0.2) is 0 Å². The van der Waals surface area contributed by atoms with Crippen molar-refractivity contribution in [2.24, 2.45) is 5.92 Å². The highest BCUT2D eigenvalue weighted by Gasteiger charge is 2.11. The first kappa shape index (κ1) is 10.9. The normalized spacial score (nSPS) is 13.5. The standard InChI is InChI=1S/C11H15N3O2/c1-8(2)10(15)7-13-5-6-14-9(11(13)16)3-4-12-14/h3-6,8,10,15H,7H2,1-2H3. The number of aliphatic hydroxyl groups excluding tert-OH is 1. The Morgan fingerprint density at radius 3 is 2.88 bits per heavy atom. The molecule has 2 aromatic heterocycles. The van der Waals surface area contributed by atoms with Crippen molar-refractivity contribution in [1.29, 1.82) is 0 Å². The molecule has 0 saturated carbocycles. The molecule has 0 fully saturated rings. The Morgan fingerprint density at radius 1 is 1.44 bits per heavy atom. The maximum atomic E-state index is 11.9. The van der Waals surface area contributed by atoms with Crippen LogP contribution in [0.3, 0.4) is 0 Å². The molecular weight excluding hydrogens is 206 g/mol. The fraction of sp³-hybridized carbons (Fsp3) is 0.455. The fourth-order valence-corrected chi connectivity index (χ4v) is 1.52. The number of hydrogen-bond donors (Lipinski definition) is 1. The van der Waals surface area contributed by atoms with E-state index >= 15 is 0 Å². The first-order valence-electron chi connectivity index (χ1n) is 5.30. The van der Waals surface area contributed by atoms with E-state index < -0.39 is 6.10 Å². The van der Waals surface area contributed by atoms with Gasteiger partial charge in [0.2, 0.25) is 0 Å². The van der Waals surface area contributed by atoms with Gasteiger partial charge in [0, 0.05) is 12.4 Å². The van der Waals surface area contributed by atoms with Gasteiger partial charge in [0.05, 0.1) is 18.8 Å². The van der Waals surface area contributed by atoms with E-state index in [1.165, 1.54) is 9.08 Å². The number of nitrogens with zero attached hydrogens (tertiary/aromatic N) is 3. The van der Waals surface area contributed by atoms with Crippen LogP contribution < -0.4 is 5.56 Å². The molecule has 0 saturated heterocycles. The molecule has 2 heterocycles. The molecule has 2 aromatic rings. The van der Waals surface area contributed by atoms with Crippen molar-refractivity contribution in [1.82, 2.24) is 14.2 Å². The van der Waals surface area contributed by atoms with Gasteiger partial charge in [0.25, 0.3) is 5.56 Å². The molecule has 5 nitrogen and oxygen atoms in total. The van der Waals surface area contributed by atoms with Crippen LogP contribution >= 0.6 is 0 Å². The van der Waals surface area contributed by atoms with Crippen LogP contribution in [0.2, 0.25) is 0 Å². The Bertz CT molecular complexity index is 541. The van der Waals surface area contributed by atoms with Crippen molar-refractivity contribution in [2.75, 3.05) is 0 Å². The van der Waals surface area contributed by atoms with E-state index in [-0.39, 0.29) is 11.5 Å². The van der Waals surface area contributed by atoms with Crippen LogP contribution in [-0.4, -0.2) is 25.4 Å². The molecule has 5 heteroatoms. The number of hydrogen-bond acceptors (Lipinski definition) is 3. The average Bonchev–Trinajstić information content (AvgIpc) is 2.70. The quantitative estimate of drug-likeness (QED) is 0.821. The molecule has 0 aliphatic heterocycles. The SMILES string of the molecule is CC(C)C(O)Cn1ccn2nccc2c1=O. The summed E-state index contributed by atoms with van der Waals surface area (Å²) in [6.45, 7) is 4.16. The third-order valence-corrected chi connectivity index (χ3v) is 2.69. The van der Waals surface area contributed by atoms with E-state index in [4.69, 9.17) is 0 Å². The minimum atomic E-state index is -0.511. The minimum absolute atomic E-state index is 0.125. The minimum Gasteiger partial charge on any atom is -0.391 e. The molecule has 0 amide bonds. The lowest BCUT2D eigenvalue weighted by atomic mass is 10.1. The van der Waals surface area contributed by atoms with Crippen LogP contribution in [0.25, 0.3) is 5.52 Å². The average molecular weight is 221 g/mol. The maximum absolute atomic E-state index is 11.9. The van der Waals surface area contributed by atoms with E-state index in [0.29, 0.717) is 12.1 Å². The lowest BCUT2D eigenvalue weighted by Crippen LogP contribution is -2.29. The molecule has 86 valence electrons. The summed E-state index contributed by atoms with van der Waals surface area (Å²) in [7, 11) is 0. The molecule has 1 atom stereocenters. The van der Waals surface area contributed by atoms with Crippen molar-refractivity contribution in [2.45, 2.75) is 26.5 Å². The molecule has 1 N–H and O–H groups in total. The van der Waals surface area contributed by atoms with Crippen molar-refractivity contribution in [3.8, 4) is 0 Å². The summed E-state index contributed by atoms with van der Waals surface area (Å²) in [5.41, 5.74) is 0.401. The first-order valence-corrected chi connectivity index (χ1v) is 5.30. The third kappa shape index (κ3) is 1.86. The zero-order valence-corrected chi connectivity index (χ0v) is 9.37. The van der Waals surface area contributed by atoms with Gasteiger partial charge >= 0.3 is 0 Å². The molecule has 0 radical (unpaired) electrons. The van der Waals surface area contributed by atoms with Gasteiger partial charge < -0.3 is 9.67 Å². The highest BCUT2D eigenvalue weighted by atomic mass is 16.3. The van der Waals surface area contributed by atoms with Gasteiger partial charge in [0.1, 0.15) is 5.52 Å². The molecule has 0 aromatic carbocycles. The van der Waals surface area contributed by atoms with Crippen LogP contribution in [0.4, 0.5) is 0 Å². The van der Waals surface area contributed by atoms with E-state index in [2.05, 4.69) is 5.10 Å². The molecule has 0 spiro atoms. The zero-order chi connectivity index (χ0) is 11.7. The second-order valence-electron chi connectivity index (χ2n) is 4.23. The summed E-state index contributed by atoms with van der Waals surface area (Å²) < 4.78 is 3.04. The lowest BCUT2D eigenvalue weighted by molar-refractivity contribution is 0.106. The smallest absolute Gasteiger partial charge is 0.276 e. The Kier molecular flexibility index (Phi) is 2.78. The van der Waals surface area contributed by atoms with Gasteiger partial charge in [-0.3, -0.25) is 4.79 Å². The van der Waals surface area contributed by atoms with Crippen LogP contribution in [0.5, 0.6) is 0 Å². The predicted molar refractivity (Wildman–Crippen MR) is 60.3 cm³/mol. The van der Waals surface area contributed by atoms with Crippen molar-refractivity contribution in [3.05, 3.63) is 35.0 Å². The van der Waals surface area contributed by atoms with E-state index in [1.54, 1.807) is 24.7 Å². The second-order valence-corrected chi connectivity index (χ2v) is 4.23. The number of aromatic nitrogens is 3. The van der Waals surface area contributed by atoms with Crippen LogP contribution in [-0.2, 0) is 6.54 Å². The number of fused-ring (bicyclic) bond motifs is 1. The highest BCUT2D eigenvalue weighted by Crippen LogP contribution is 2.03. The molecule has 0 aliphatic rings. The molecule has 2 rings (SSSR count). The summed E-state index contributed by atoms with van der Waals surface area (Å²) in [5, 5.41) is 13.7. The molecule has 0 bridgehead atoms. The highest BCUT2D eigenvalue weighted by molar-refractivity contribution is 5.42. The Balaban J connectivity index is 2.38. The predicted octanol–water partition coefficient (Wildman–Crippen LogP) is 0.513. The Labute approximate surface area is 92.9 Å². The largest absolute Gasteiger partial charge is 0.391 e. The van der Waals surface area contributed by atoms with Gasteiger partial charge in [-0.1, -0.05) is 13.8 Å². The summed E-state index contributed by atoms with van der Waals surface area (Å²) in [5.74, 6) is 0.132. The third-order valence-electron chi connectivity index (χ3n) is 2.69. The monoisotopic (exact) mass is 221 g/mol. The summed E-state index contributed by atoms with van der Waals surface area (Å²) in [4.78, 5) is 11.9. The van der Waals surface area contributed by atoms with Crippen molar-refractivity contribution >= 4 is 5.52 Å². The number of rotatable bonds is 3. The molecule has 16 heavy (non-hydrogen) atoms. The summed E-state index contributed by atoms with van der Waals surface area (Å²) in [6, 6.07) is 1.67. The Hall–Kier alpha value is -1.62. The maximum Gasteiger partial charge on any atom is 0.276 e. The van der Waals surface area contributed by atoms with E-state index in [9.17, 15) is 9.90 Å².